The normalized spacial score (nSPS) is 26.2. The van der Waals surface area contributed by atoms with Gasteiger partial charge >= 0.3 is 0 Å². The van der Waals surface area contributed by atoms with Crippen LogP contribution in [0.5, 0.6) is 0 Å². The molecule has 2 aliphatic carbocycles. The van der Waals surface area contributed by atoms with E-state index < -0.39 is 5.41 Å². The van der Waals surface area contributed by atoms with Gasteiger partial charge in [0.25, 0.3) is 0 Å². The van der Waals surface area contributed by atoms with E-state index in [2.05, 4.69) is 15.6 Å². The standard InChI is InChI=1S/C25H30Cl3N7O2/c1-25(22(29)37)7-5-15(6-8-25)35-21-19(12-30-23(34-21)31-14-3-2-4-16(36)11-14)32-24(35)33-20-17(27)9-13(26)10-18(20)28/h9-10,12,14-16,36H,2-8,11H2,1H3,(H2,29,37)(H,32,33)(H,30,31,34)/t14-,15?,16?,25?/m0/s1. The van der Waals surface area contributed by atoms with E-state index in [0.29, 0.717) is 63.1 Å². The molecule has 5 N–H and O–H groups in total. The Balaban J connectivity index is 1.52. The Morgan fingerprint density at radius 2 is 1.84 bits per heavy atom. The lowest BCUT2D eigenvalue weighted by Crippen LogP contribution is -2.38. The number of aliphatic hydroxyl groups is 1. The summed E-state index contributed by atoms with van der Waals surface area (Å²) in [4.78, 5) is 26.2. The third-order valence-corrected chi connectivity index (χ3v) is 8.49. The van der Waals surface area contributed by atoms with Crippen LogP contribution in [0.2, 0.25) is 15.1 Å². The van der Waals surface area contributed by atoms with Crippen molar-refractivity contribution in [2.45, 2.75) is 76.5 Å². The van der Waals surface area contributed by atoms with E-state index in [1.807, 2.05) is 11.5 Å². The lowest BCUT2D eigenvalue weighted by Gasteiger charge is -2.35. The molecule has 2 aliphatic rings. The Labute approximate surface area is 230 Å². The zero-order chi connectivity index (χ0) is 26.3. The maximum absolute atomic E-state index is 12.1. The van der Waals surface area contributed by atoms with Crippen molar-refractivity contribution in [2.75, 3.05) is 10.6 Å². The molecular weight excluding hydrogens is 537 g/mol. The van der Waals surface area contributed by atoms with Crippen molar-refractivity contribution < 1.29 is 9.90 Å². The number of primary amides is 1. The average molecular weight is 567 g/mol. The maximum Gasteiger partial charge on any atom is 0.224 e. The van der Waals surface area contributed by atoms with Crippen LogP contribution in [0.1, 0.15) is 64.3 Å². The number of nitrogens with zero attached hydrogens (tertiary/aromatic N) is 4. The van der Waals surface area contributed by atoms with Gasteiger partial charge in [-0.3, -0.25) is 9.36 Å². The van der Waals surface area contributed by atoms with Crippen molar-refractivity contribution in [2.24, 2.45) is 11.1 Å². The van der Waals surface area contributed by atoms with Crippen LogP contribution in [0.3, 0.4) is 0 Å². The molecule has 2 heterocycles. The minimum absolute atomic E-state index is 0.0176. The van der Waals surface area contributed by atoms with Gasteiger partial charge in [-0.25, -0.2) is 9.97 Å². The van der Waals surface area contributed by atoms with Gasteiger partial charge in [-0.15, -0.1) is 0 Å². The van der Waals surface area contributed by atoms with Gasteiger partial charge < -0.3 is 21.5 Å². The summed E-state index contributed by atoms with van der Waals surface area (Å²) in [6.07, 6.45) is 7.53. The van der Waals surface area contributed by atoms with Gasteiger partial charge in [0.1, 0.15) is 5.52 Å². The second kappa shape index (κ2) is 10.4. The van der Waals surface area contributed by atoms with Crippen LogP contribution in [-0.4, -0.2) is 42.7 Å². The first kappa shape index (κ1) is 26.3. The van der Waals surface area contributed by atoms with E-state index in [1.54, 1.807) is 18.3 Å². The van der Waals surface area contributed by atoms with E-state index >= 15 is 0 Å². The number of fused-ring (bicyclic) bond motifs is 1. The molecule has 2 saturated carbocycles. The van der Waals surface area contributed by atoms with Crippen LogP contribution in [0.25, 0.3) is 11.2 Å². The van der Waals surface area contributed by atoms with E-state index in [0.717, 1.165) is 32.1 Å². The number of hydrogen-bond donors (Lipinski definition) is 4. The molecule has 9 nitrogen and oxygen atoms in total. The predicted molar refractivity (Wildman–Crippen MR) is 147 cm³/mol. The quantitative estimate of drug-likeness (QED) is 0.294. The number of nitrogens with one attached hydrogen (secondary N) is 2. The number of hydrogen-bond acceptors (Lipinski definition) is 7. The summed E-state index contributed by atoms with van der Waals surface area (Å²) in [5.41, 5.74) is 6.92. The number of halogens is 3. The lowest BCUT2D eigenvalue weighted by molar-refractivity contribution is -0.128. The summed E-state index contributed by atoms with van der Waals surface area (Å²) in [6, 6.07) is 3.35. The van der Waals surface area contributed by atoms with Crippen LogP contribution in [0, 0.1) is 5.41 Å². The van der Waals surface area contributed by atoms with Crippen LogP contribution >= 0.6 is 34.8 Å². The topological polar surface area (TPSA) is 131 Å². The SMILES string of the molecule is CC1(C(N)=O)CCC(n2c(Nc3c(Cl)cc(Cl)cc3Cl)nc3cnc(N[C@H]4CCCC(O)C4)nc32)CC1. The summed E-state index contributed by atoms with van der Waals surface area (Å²) >= 11 is 19.0. The number of anilines is 3. The Morgan fingerprint density at radius 3 is 2.49 bits per heavy atom. The molecule has 1 aromatic carbocycles. The molecule has 12 heteroatoms. The smallest absolute Gasteiger partial charge is 0.224 e. The van der Waals surface area contributed by atoms with Crippen molar-refractivity contribution in [1.29, 1.82) is 0 Å². The number of benzene rings is 1. The molecule has 37 heavy (non-hydrogen) atoms. The Bertz CT molecular complexity index is 1300. The van der Waals surface area contributed by atoms with Crippen LogP contribution in [-0.2, 0) is 4.79 Å². The number of carbonyl (C=O) groups excluding carboxylic acids is 1. The molecule has 1 amide bonds. The minimum Gasteiger partial charge on any atom is -0.393 e. The molecule has 0 aliphatic heterocycles. The first-order valence-corrected chi connectivity index (χ1v) is 13.7. The summed E-state index contributed by atoms with van der Waals surface area (Å²) in [7, 11) is 0. The Hall–Kier alpha value is -2.33. The Kier molecular flexibility index (Phi) is 7.42. The minimum atomic E-state index is -0.535. The van der Waals surface area contributed by atoms with Gasteiger partial charge in [0.15, 0.2) is 5.65 Å². The number of nitrogens with two attached hydrogens (primary N) is 1. The highest BCUT2D eigenvalue weighted by atomic mass is 35.5. The molecule has 1 unspecified atom stereocenters. The Morgan fingerprint density at radius 1 is 1.14 bits per heavy atom. The van der Waals surface area contributed by atoms with Crippen molar-refractivity contribution in [1.82, 2.24) is 19.5 Å². The molecule has 0 spiro atoms. The molecule has 0 bridgehead atoms. The summed E-state index contributed by atoms with van der Waals surface area (Å²) in [5, 5.41) is 17.9. The monoisotopic (exact) mass is 565 g/mol. The predicted octanol–water partition coefficient (Wildman–Crippen LogP) is 5.85. The number of aliphatic hydroxyl groups excluding tert-OH is 1. The molecule has 0 saturated heterocycles. The van der Waals surface area contributed by atoms with Gasteiger partial charge in [-0.05, 0) is 63.5 Å². The van der Waals surface area contributed by atoms with Crippen LogP contribution in [0.4, 0.5) is 17.6 Å². The van der Waals surface area contributed by atoms with Gasteiger partial charge in [0.05, 0.1) is 28.0 Å². The third kappa shape index (κ3) is 5.46. The maximum atomic E-state index is 12.1. The first-order chi connectivity index (χ1) is 17.6. The number of aromatic nitrogens is 4. The van der Waals surface area contributed by atoms with Gasteiger partial charge in [-0.1, -0.05) is 41.7 Å². The van der Waals surface area contributed by atoms with E-state index in [1.165, 1.54) is 0 Å². The molecule has 2 fully saturated rings. The molecule has 2 aromatic heterocycles. The summed E-state index contributed by atoms with van der Waals surface area (Å²) in [5.74, 6) is 0.732. The van der Waals surface area contributed by atoms with Crippen molar-refractivity contribution >= 4 is 69.5 Å². The number of rotatable bonds is 6. The zero-order valence-corrected chi connectivity index (χ0v) is 22.7. The highest BCUT2D eigenvalue weighted by molar-refractivity contribution is 6.41. The summed E-state index contributed by atoms with van der Waals surface area (Å²) < 4.78 is 2.04. The highest BCUT2D eigenvalue weighted by Crippen LogP contribution is 2.44. The number of amides is 1. The average Bonchev–Trinajstić information content (AvgIpc) is 3.19. The van der Waals surface area contributed by atoms with Gasteiger partial charge in [-0.2, -0.15) is 4.98 Å². The van der Waals surface area contributed by atoms with Gasteiger partial charge in [0, 0.05) is 22.5 Å². The van der Waals surface area contributed by atoms with Crippen LogP contribution in [0.15, 0.2) is 18.3 Å². The lowest BCUT2D eigenvalue weighted by atomic mass is 9.73. The second-order valence-corrected chi connectivity index (χ2v) is 11.6. The second-order valence-electron chi connectivity index (χ2n) is 10.4. The number of imidazole rings is 1. The van der Waals surface area contributed by atoms with Crippen molar-refractivity contribution in [3.8, 4) is 0 Å². The fourth-order valence-corrected chi connectivity index (χ4v) is 6.30. The van der Waals surface area contributed by atoms with E-state index in [-0.39, 0.29) is 24.1 Å². The largest absolute Gasteiger partial charge is 0.393 e. The molecule has 5 rings (SSSR count). The zero-order valence-electron chi connectivity index (χ0n) is 20.5. The van der Waals surface area contributed by atoms with Gasteiger partial charge in [0.2, 0.25) is 17.8 Å². The van der Waals surface area contributed by atoms with Crippen molar-refractivity contribution in [3.05, 3.63) is 33.4 Å². The first-order valence-electron chi connectivity index (χ1n) is 12.5. The highest BCUT2D eigenvalue weighted by Gasteiger charge is 2.38. The fourth-order valence-electron chi connectivity index (χ4n) is 5.39. The van der Waals surface area contributed by atoms with E-state index in [4.69, 9.17) is 50.5 Å². The van der Waals surface area contributed by atoms with Crippen molar-refractivity contribution in [3.63, 3.8) is 0 Å². The number of carbonyl (C=O) groups is 1. The molecule has 3 aromatic rings. The molecule has 2 atom stereocenters. The van der Waals surface area contributed by atoms with E-state index in [9.17, 15) is 9.90 Å². The molecule has 198 valence electrons. The molecular formula is C25H30Cl3N7O2. The fraction of sp³-hybridized carbons (Fsp3) is 0.520. The molecule has 0 radical (unpaired) electrons. The summed E-state index contributed by atoms with van der Waals surface area (Å²) in [6.45, 7) is 1.92. The van der Waals surface area contributed by atoms with Crippen LogP contribution < -0.4 is 16.4 Å². The third-order valence-electron chi connectivity index (χ3n) is 7.67.